The van der Waals surface area contributed by atoms with Gasteiger partial charge in [-0.3, -0.25) is 0 Å². The predicted molar refractivity (Wildman–Crippen MR) is 77.2 cm³/mol. The molecular weight excluding hydrogens is 277 g/mol. The lowest BCUT2D eigenvalue weighted by atomic mass is 9.93. The van der Waals surface area contributed by atoms with Crippen LogP contribution in [-0.2, 0) is 6.18 Å². The number of rotatable bonds is 3. The summed E-state index contributed by atoms with van der Waals surface area (Å²) >= 11 is 0. The van der Waals surface area contributed by atoms with E-state index in [1.165, 1.54) is 25.7 Å². The van der Waals surface area contributed by atoms with Gasteiger partial charge in [-0.25, -0.2) is 0 Å². The minimum absolute atomic E-state index is 0.373. The standard InChI is InChI=1S/C16H21F3N2/c17-16(18,19)11-6-8-12(9-7-11)21-15-4-1-3-13(15)14-5-2-10-20-14/h6-9,13-15,20-21H,1-5,10H2. The van der Waals surface area contributed by atoms with Crippen molar-refractivity contribution in [2.24, 2.45) is 5.92 Å². The Kier molecular flexibility index (Phi) is 4.11. The number of halogens is 3. The Bertz CT molecular complexity index is 463. The van der Waals surface area contributed by atoms with Gasteiger partial charge in [-0.2, -0.15) is 13.2 Å². The third kappa shape index (κ3) is 3.34. The van der Waals surface area contributed by atoms with E-state index in [0.717, 1.165) is 30.8 Å². The third-order valence-electron chi connectivity index (χ3n) is 4.75. The summed E-state index contributed by atoms with van der Waals surface area (Å²) in [7, 11) is 0. The fourth-order valence-corrected chi connectivity index (χ4v) is 3.70. The molecule has 1 aromatic rings. The topological polar surface area (TPSA) is 24.1 Å². The average molecular weight is 298 g/mol. The van der Waals surface area contributed by atoms with Crippen LogP contribution in [0.5, 0.6) is 0 Å². The van der Waals surface area contributed by atoms with E-state index in [4.69, 9.17) is 0 Å². The molecule has 2 N–H and O–H groups in total. The van der Waals surface area contributed by atoms with Crippen LogP contribution < -0.4 is 10.6 Å². The molecule has 0 amide bonds. The third-order valence-corrected chi connectivity index (χ3v) is 4.75. The highest BCUT2D eigenvalue weighted by Crippen LogP contribution is 2.35. The van der Waals surface area contributed by atoms with Crippen molar-refractivity contribution in [3.63, 3.8) is 0 Å². The highest BCUT2D eigenvalue weighted by atomic mass is 19.4. The molecule has 3 atom stereocenters. The Hall–Kier alpha value is -1.23. The number of hydrogen-bond acceptors (Lipinski definition) is 2. The molecule has 2 fully saturated rings. The predicted octanol–water partition coefficient (Wildman–Crippen LogP) is 4.04. The van der Waals surface area contributed by atoms with E-state index in [9.17, 15) is 13.2 Å². The molecule has 1 aliphatic heterocycles. The quantitative estimate of drug-likeness (QED) is 0.880. The van der Waals surface area contributed by atoms with Gasteiger partial charge in [0, 0.05) is 17.8 Å². The van der Waals surface area contributed by atoms with Gasteiger partial charge in [0.25, 0.3) is 0 Å². The fraction of sp³-hybridized carbons (Fsp3) is 0.625. The summed E-state index contributed by atoms with van der Waals surface area (Å²) in [4.78, 5) is 0. The Labute approximate surface area is 123 Å². The van der Waals surface area contributed by atoms with Crippen molar-refractivity contribution < 1.29 is 13.2 Å². The first-order chi connectivity index (χ1) is 10.0. The minimum Gasteiger partial charge on any atom is -0.382 e. The van der Waals surface area contributed by atoms with Crippen molar-refractivity contribution >= 4 is 5.69 Å². The fourth-order valence-electron chi connectivity index (χ4n) is 3.70. The summed E-state index contributed by atoms with van der Waals surface area (Å²) in [5, 5.41) is 6.99. The van der Waals surface area contributed by atoms with Crippen molar-refractivity contribution in [2.75, 3.05) is 11.9 Å². The van der Waals surface area contributed by atoms with Gasteiger partial charge < -0.3 is 10.6 Å². The number of anilines is 1. The molecule has 1 aromatic carbocycles. The van der Waals surface area contributed by atoms with Crippen molar-refractivity contribution in [3.05, 3.63) is 29.8 Å². The van der Waals surface area contributed by atoms with Crippen LogP contribution in [0.2, 0.25) is 0 Å². The largest absolute Gasteiger partial charge is 0.416 e. The van der Waals surface area contributed by atoms with Gasteiger partial charge in [0.05, 0.1) is 5.56 Å². The molecule has 1 saturated heterocycles. The van der Waals surface area contributed by atoms with Crippen molar-refractivity contribution in [3.8, 4) is 0 Å². The Morgan fingerprint density at radius 2 is 1.76 bits per heavy atom. The number of nitrogens with one attached hydrogen (secondary N) is 2. The van der Waals surface area contributed by atoms with E-state index in [1.54, 1.807) is 12.1 Å². The van der Waals surface area contributed by atoms with Gasteiger partial charge in [0.15, 0.2) is 0 Å². The molecule has 21 heavy (non-hydrogen) atoms. The molecule has 5 heteroatoms. The Balaban J connectivity index is 1.65. The Morgan fingerprint density at radius 1 is 1.00 bits per heavy atom. The number of alkyl halides is 3. The van der Waals surface area contributed by atoms with Gasteiger partial charge >= 0.3 is 6.18 Å². The molecule has 0 radical (unpaired) electrons. The van der Waals surface area contributed by atoms with Gasteiger partial charge in [-0.05, 0) is 62.4 Å². The van der Waals surface area contributed by atoms with E-state index in [2.05, 4.69) is 10.6 Å². The van der Waals surface area contributed by atoms with Crippen LogP contribution in [0.3, 0.4) is 0 Å². The van der Waals surface area contributed by atoms with Gasteiger partial charge in [0.1, 0.15) is 0 Å². The first-order valence-corrected chi connectivity index (χ1v) is 7.71. The van der Waals surface area contributed by atoms with E-state index >= 15 is 0 Å². The summed E-state index contributed by atoms with van der Waals surface area (Å²) in [5.74, 6) is 0.592. The van der Waals surface area contributed by atoms with E-state index in [-0.39, 0.29) is 0 Å². The van der Waals surface area contributed by atoms with Crippen LogP contribution in [0.4, 0.5) is 18.9 Å². The highest BCUT2D eigenvalue weighted by molar-refractivity contribution is 5.46. The second-order valence-electron chi connectivity index (χ2n) is 6.12. The molecule has 3 unspecified atom stereocenters. The van der Waals surface area contributed by atoms with Crippen molar-refractivity contribution in [2.45, 2.75) is 50.4 Å². The summed E-state index contributed by atoms with van der Waals surface area (Å²) in [5.41, 5.74) is 0.200. The molecule has 1 heterocycles. The van der Waals surface area contributed by atoms with E-state index in [0.29, 0.717) is 18.0 Å². The lowest BCUT2D eigenvalue weighted by Gasteiger charge is -2.27. The van der Waals surface area contributed by atoms with E-state index in [1.807, 2.05) is 0 Å². The van der Waals surface area contributed by atoms with Crippen LogP contribution in [0.1, 0.15) is 37.7 Å². The SMILES string of the molecule is FC(F)(F)c1ccc(NC2CCCC2C2CCCN2)cc1. The Morgan fingerprint density at radius 3 is 2.38 bits per heavy atom. The van der Waals surface area contributed by atoms with Gasteiger partial charge in [-0.15, -0.1) is 0 Å². The molecule has 1 saturated carbocycles. The molecule has 3 rings (SSSR count). The first-order valence-electron chi connectivity index (χ1n) is 7.71. The number of hydrogen-bond donors (Lipinski definition) is 2. The van der Waals surface area contributed by atoms with Crippen molar-refractivity contribution in [1.82, 2.24) is 5.32 Å². The molecule has 116 valence electrons. The molecule has 0 aromatic heterocycles. The molecular formula is C16H21F3N2. The molecule has 2 nitrogen and oxygen atoms in total. The first kappa shape index (κ1) is 14.7. The van der Waals surface area contributed by atoms with Crippen LogP contribution in [-0.4, -0.2) is 18.6 Å². The lowest BCUT2D eigenvalue weighted by molar-refractivity contribution is -0.137. The smallest absolute Gasteiger partial charge is 0.382 e. The summed E-state index contributed by atoms with van der Waals surface area (Å²) in [6.07, 6.45) is 1.69. The highest BCUT2D eigenvalue weighted by Gasteiger charge is 2.35. The zero-order valence-electron chi connectivity index (χ0n) is 11.9. The maximum atomic E-state index is 12.6. The molecule has 1 aliphatic carbocycles. The average Bonchev–Trinajstić information content (AvgIpc) is 3.08. The van der Waals surface area contributed by atoms with Crippen molar-refractivity contribution in [1.29, 1.82) is 0 Å². The van der Waals surface area contributed by atoms with Crippen LogP contribution in [0.25, 0.3) is 0 Å². The monoisotopic (exact) mass is 298 g/mol. The summed E-state index contributed by atoms with van der Waals surface area (Å²) in [6, 6.07) is 6.33. The second-order valence-corrected chi connectivity index (χ2v) is 6.12. The normalized spacial score (nSPS) is 29.8. The maximum absolute atomic E-state index is 12.6. The second kappa shape index (κ2) is 5.87. The zero-order chi connectivity index (χ0) is 14.9. The van der Waals surface area contributed by atoms with Crippen LogP contribution in [0, 0.1) is 5.92 Å². The molecule has 0 bridgehead atoms. The maximum Gasteiger partial charge on any atom is 0.416 e. The minimum atomic E-state index is -4.26. The summed E-state index contributed by atoms with van der Waals surface area (Å²) in [6.45, 7) is 1.09. The van der Waals surface area contributed by atoms with Gasteiger partial charge in [0.2, 0.25) is 0 Å². The van der Waals surface area contributed by atoms with Crippen LogP contribution in [0.15, 0.2) is 24.3 Å². The van der Waals surface area contributed by atoms with Gasteiger partial charge in [-0.1, -0.05) is 6.42 Å². The van der Waals surface area contributed by atoms with E-state index < -0.39 is 11.7 Å². The summed E-state index contributed by atoms with van der Waals surface area (Å²) < 4.78 is 37.7. The zero-order valence-corrected chi connectivity index (χ0v) is 11.9. The molecule has 2 aliphatic rings. The van der Waals surface area contributed by atoms with Crippen LogP contribution >= 0.6 is 0 Å². The molecule has 0 spiro atoms. The number of benzene rings is 1. The lowest BCUT2D eigenvalue weighted by Crippen LogP contribution is -2.38.